The van der Waals surface area contributed by atoms with Gasteiger partial charge < -0.3 is 4.74 Å². The largest absolute Gasteiger partial charge is 0.493 e. The number of hydrogen-bond acceptors (Lipinski definition) is 1. The molecular formula is C22H34O. The molecular weight excluding hydrogens is 280 g/mol. The number of para-hydroxylation sites is 1. The van der Waals surface area contributed by atoms with Gasteiger partial charge in [0, 0.05) is 0 Å². The van der Waals surface area contributed by atoms with Crippen molar-refractivity contribution >= 4 is 0 Å². The van der Waals surface area contributed by atoms with Gasteiger partial charge in [-0.05, 0) is 72.8 Å². The molecule has 3 rings (SSSR count). The van der Waals surface area contributed by atoms with Crippen LogP contribution < -0.4 is 4.74 Å². The molecule has 23 heavy (non-hydrogen) atoms. The molecule has 1 nitrogen and oxygen atoms in total. The topological polar surface area (TPSA) is 9.23 Å². The molecule has 0 aromatic heterocycles. The molecule has 2 saturated carbocycles. The van der Waals surface area contributed by atoms with E-state index in [0.717, 1.165) is 36.0 Å². The monoisotopic (exact) mass is 314 g/mol. The third-order valence-corrected chi connectivity index (χ3v) is 7.05. The summed E-state index contributed by atoms with van der Waals surface area (Å²) in [5.41, 5.74) is 0.548. The van der Waals surface area contributed by atoms with Crippen LogP contribution in [0.5, 0.6) is 5.75 Å². The Kier molecular flexibility index (Phi) is 5.04. The molecule has 0 aliphatic heterocycles. The standard InChI is InChI=1S/C22H34O/c1-16(2)19-11-8-14-22(4)20(12-13-21(19)22)17(3)15-23-18-9-6-5-7-10-18/h5-7,9-10,16-17,19-21H,8,11-15H2,1-4H3/t17-,19?,20-,21+,22-/m1/s1. The predicted molar refractivity (Wildman–Crippen MR) is 97.6 cm³/mol. The van der Waals surface area contributed by atoms with Gasteiger partial charge in [0.05, 0.1) is 6.61 Å². The quantitative estimate of drug-likeness (QED) is 0.629. The van der Waals surface area contributed by atoms with E-state index in [1.54, 1.807) is 0 Å². The second-order valence-corrected chi connectivity index (χ2v) is 8.70. The summed E-state index contributed by atoms with van der Waals surface area (Å²) in [5, 5.41) is 0. The van der Waals surface area contributed by atoms with E-state index >= 15 is 0 Å². The highest BCUT2D eigenvalue weighted by Crippen LogP contribution is 2.60. The molecule has 0 spiro atoms. The Morgan fingerprint density at radius 1 is 1.09 bits per heavy atom. The molecule has 1 aromatic rings. The first-order valence-electron chi connectivity index (χ1n) is 9.70. The predicted octanol–water partition coefficient (Wildman–Crippen LogP) is 6.19. The van der Waals surface area contributed by atoms with Gasteiger partial charge in [-0.3, -0.25) is 0 Å². The molecule has 2 fully saturated rings. The number of ether oxygens (including phenoxy) is 1. The first-order valence-corrected chi connectivity index (χ1v) is 9.70. The fraction of sp³-hybridized carbons (Fsp3) is 0.727. The number of fused-ring (bicyclic) bond motifs is 1. The van der Waals surface area contributed by atoms with Crippen molar-refractivity contribution in [2.75, 3.05) is 6.61 Å². The molecule has 0 radical (unpaired) electrons. The van der Waals surface area contributed by atoms with Crippen molar-refractivity contribution in [3.8, 4) is 5.75 Å². The van der Waals surface area contributed by atoms with E-state index in [1.807, 2.05) is 6.07 Å². The van der Waals surface area contributed by atoms with Crippen LogP contribution in [0.2, 0.25) is 0 Å². The number of rotatable bonds is 5. The maximum Gasteiger partial charge on any atom is 0.119 e. The molecule has 128 valence electrons. The second-order valence-electron chi connectivity index (χ2n) is 8.70. The fourth-order valence-corrected chi connectivity index (χ4v) is 5.88. The minimum atomic E-state index is 0.548. The summed E-state index contributed by atoms with van der Waals surface area (Å²) in [7, 11) is 0. The maximum atomic E-state index is 6.08. The van der Waals surface area contributed by atoms with Crippen LogP contribution in [0.1, 0.15) is 59.8 Å². The van der Waals surface area contributed by atoms with E-state index in [-0.39, 0.29) is 0 Å². The third-order valence-electron chi connectivity index (χ3n) is 7.05. The highest BCUT2D eigenvalue weighted by molar-refractivity contribution is 5.20. The Balaban J connectivity index is 1.66. The summed E-state index contributed by atoms with van der Waals surface area (Å²) in [6.07, 6.45) is 7.17. The van der Waals surface area contributed by atoms with Crippen molar-refractivity contribution in [3.05, 3.63) is 30.3 Å². The van der Waals surface area contributed by atoms with Crippen LogP contribution in [0.3, 0.4) is 0 Å². The molecule has 0 heterocycles. The van der Waals surface area contributed by atoms with Crippen molar-refractivity contribution in [1.29, 1.82) is 0 Å². The summed E-state index contributed by atoms with van der Waals surface area (Å²) < 4.78 is 6.08. The van der Waals surface area contributed by atoms with E-state index in [4.69, 9.17) is 4.74 Å². The zero-order valence-corrected chi connectivity index (χ0v) is 15.4. The first-order chi connectivity index (χ1) is 11.0. The average molecular weight is 315 g/mol. The second kappa shape index (κ2) is 6.87. The summed E-state index contributed by atoms with van der Waals surface area (Å²) in [6, 6.07) is 10.3. The highest BCUT2D eigenvalue weighted by atomic mass is 16.5. The Morgan fingerprint density at radius 2 is 1.83 bits per heavy atom. The van der Waals surface area contributed by atoms with Crippen LogP contribution in [0, 0.1) is 35.0 Å². The normalized spacial score (nSPS) is 35.1. The van der Waals surface area contributed by atoms with E-state index < -0.39 is 0 Å². The van der Waals surface area contributed by atoms with Crippen molar-refractivity contribution in [3.63, 3.8) is 0 Å². The smallest absolute Gasteiger partial charge is 0.119 e. The van der Waals surface area contributed by atoms with Crippen molar-refractivity contribution in [1.82, 2.24) is 0 Å². The van der Waals surface area contributed by atoms with Crippen LogP contribution >= 0.6 is 0 Å². The summed E-state index contributed by atoms with van der Waals surface area (Å²) >= 11 is 0. The molecule has 0 saturated heterocycles. The lowest BCUT2D eigenvalue weighted by atomic mass is 9.57. The van der Waals surface area contributed by atoms with Crippen molar-refractivity contribution in [2.24, 2.45) is 35.0 Å². The van der Waals surface area contributed by atoms with E-state index in [2.05, 4.69) is 52.0 Å². The average Bonchev–Trinajstić information content (AvgIpc) is 2.90. The van der Waals surface area contributed by atoms with Gasteiger partial charge in [0.25, 0.3) is 0 Å². The van der Waals surface area contributed by atoms with Gasteiger partial charge in [0.2, 0.25) is 0 Å². The van der Waals surface area contributed by atoms with Gasteiger partial charge in [-0.1, -0.05) is 52.3 Å². The van der Waals surface area contributed by atoms with Gasteiger partial charge in [0.1, 0.15) is 5.75 Å². The van der Waals surface area contributed by atoms with Crippen LogP contribution in [0.15, 0.2) is 30.3 Å². The van der Waals surface area contributed by atoms with Crippen LogP contribution in [0.25, 0.3) is 0 Å². The SMILES string of the molecule is CC(C)C1CCC[C@]2(C)[C@@H]([C@H](C)COc3ccccc3)CC[C@@H]12. The van der Waals surface area contributed by atoms with Gasteiger partial charge in [-0.15, -0.1) is 0 Å². The summed E-state index contributed by atoms with van der Waals surface area (Å²) in [4.78, 5) is 0. The zero-order valence-electron chi connectivity index (χ0n) is 15.4. The minimum Gasteiger partial charge on any atom is -0.493 e. The highest BCUT2D eigenvalue weighted by Gasteiger charge is 2.52. The molecule has 1 unspecified atom stereocenters. The molecule has 1 heteroatoms. The van der Waals surface area contributed by atoms with Crippen LogP contribution in [-0.4, -0.2) is 6.61 Å². The van der Waals surface area contributed by atoms with Crippen LogP contribution in [-0.2, 0) is 0 Å². The summed E-state index contributed by atoms with van der Waals surface area (Å²) in [5.74, 6) is 5.23. The minimum absolute atomic E-state index is 0.548. The van der Waals surface area contributed by atoms with Gasteiger partial charge >= 0.3 is 0 Å². The lowest BCUT2D eigenvalue weighted by Crippen LogP contribution is -2.41. The van der Waals surface area contributed by atoms with Crippen LogP contribution in [0.4, 0.5) is 0 Å². The van der Waals surface area contributed by atoms with Crippen molar-refractivity contribution in [2.45, 2.75) is 59.8 Å². The molecule has 0 bridgehead atoms. The fourth-order valence-electron chi connectivity index (χ4n) is 5.88. The molecule has 0 N–H and O–H groups in total. The molecule has 0 amide bonds. The van der Waals surface area contributed by atoms with E-state index in [1.165, 1.54) is 32.1 Å². The lowest BCUT2D eigenvalue weighted by molar-refractivity contribution is 0.00567. The lowest BCUT2D eigenvalue weighted by Gasteiger charge is -2.48. The summed E-state index contributed by atoms with van der Waals surface area (Å²) in [6.45, 7) is 10.8. The Labute approximate surface area is 142 Å². The molecule has 2 aliphatic carbocycles. The van der Waals surface area contributed by atoms with E-state index in [0.29, 0.717) is 11.3 Å². The Bertz CT molecular complexity index is 494. The Hall–Kier alpha value is -0.980. The van der Waals surface area contributed by atoms with Gasteiger partial charge in [0.15, 0.2) is 0 Å². The van der Waals surface area contributed by atoms with Gasteiger partial charge in [-0.25, -0.2) is 0 Å². The third kappa shape index (κ3) is 3.30. The Morgan fingerprint density at radius 3 is 2.52 bits per heavy atom. The number of hydrogen-bond donors (Lipinski definition) is 0. The molecule has 5 atom stereocenters. The van der Waals surface area contributed by atoms with Crippen molar-refractivity contribution < 1.29 is 4.74 Å². The number of benzene rings is 1. The first kappa shape index (κ1) is 16.9. The van der Waals surface area contributed by atoms with E-state index in [9.17, 15) is 0 Å². The van der Waals surface area contributed by atoms with Gasteiger partial charge in [-0.2, -0.15) is 0 Å². The maximum absolute atomic E-state index is 6.08. The molecule has 1 aromatic carbocycles. The molecule has 2 aliphatic rings. The zero-order chi connectivity index (χ0) is 16.4.